The van der Waals surface area contributed by atoms with Crippen molar-refractivity contribution in [3.63, 3.8) is 0 Å². The average molecular weight is 489 g/mol. The summed E-state index contributed by atoms with van der Waals surface area (Å²) in [5.41, 5.74) is 1.34. The Kier molecular flexibility index (Phi) is 7.08. The molecule has 0 bridgehead atoms. The first-order valence-corrected chi connectivity index (χ1v) is 10.2. The lowest BCUT2D eigenvalue weighted by molar-refractivity contribution is 0.249. The molecule has 0 aromatic heterocycles. The minimum absolute atomic E-state index is 0. The van der Waals surface area contributed by atoms with E-state index < -0.39 is 0 Å². The molecule has 144 valence electrons. The first-order valence-electron chi connectivity index (χ1n) is 9.80. The molecule has 0 radical (unpaired) electrons. The van der Waals surface area contributed by atoms with E-state index in [4.69, 9.17) is 16.6 Å². The SMILES string of the molecule is CCN=C(NC1CC1c1cccc(Cl)c1)N1CCC(N2CCCC2)C1.I. The predicted octanol–water partition coefficient (Wildman–Crippen LogP) is 3.95. The van der Waals surface area contributed by atoms with Crippen molar-refractivity contribution in [3.05, 3.63) is 34.9 Å². The van der Waals surface area contributed by atoms with Crippen molar-refractivity contribution in [1.29, 1.82) is 0 Å². The molecule has 2 aliphatic heterocycles. The summed E-state index contributed by atoms with van der Waals surface area (Å²) in [5, 5.41) is 4.56. The number of benzene rings is 1. The van der Waals surface area contributed by atoms with Gasteiger partial charge in [0.25, 0.3) is 0 Å². The molecule has 6 heteroatoms. The number of nitrogens with one attached hydrogen (secondary N) is 1. The predicted molar refractivity (Wildman–Crippen MR) is 120 cm³/mol. The van der Waals surface area contributed by atoms with E-state index >= 15 is 0 Å². The molecule has 4 rings (SSSR count). The maximum absolute atomic E-state index is 6.14. The van der Waals surface area contributed by atoms with Crippen LogP contribution in [0.25, 0.3) is 0 Å². The van der Waals surface area contributed by atoms with E-state index in [-0.39, 0.29) is 24.0 Å². The maximum atomic E-state index is 6.14. The summed E-state index contributed by atoms with van der Waals surface area (Å²) >= 11 is 6.14. The normalized spacial score (nSPS) is 28.9. The maximum Gasteiger partial charge on any atom is 0.194 e. The molecule has 0 spiro atoms. The number of likely N-dealkylation sites (tertiary alicyclic amines) is 2. The van der Waals surface area contributed by atoms with Gasteiger partial charge in [-0.3, -0.25) is 9.89 Å². The molecule has 4 nitrogen and oxygen atoms in total. The van der Waals surface area contributed by atoms with Crippen molar-refractivity contribution in [2.75, 3.05) is 32.7 Å². The Balaban J connectivity index is 0.00000196. The number of halogens is 2. The minimum atomic E-state index is 0. The fraction of sp³-hybridized carbons (Fsp3) is 0.650. The Bertz CT molecular complexity index is 632. The van der Waals surface area contributed by atoms with Crippen molar-refractivity contribution in [3.8, 4) is 0 Å². The molecule has 1 aromatic carbocycles. The molecule has 3 aliphatic rings. The fourth-order valence-corrected chi connectivity index (χ4v) is 4.55. The summed E-state index contributed by atoms with van der Waals surface area (Å²) in [7, 11) is 0. The van der Waals surface area contributed by atoms with Crippen LogP contribution in [-0.2, 0) is 0 Å². The van der Waals surface area contributed by atoms with Gasteiger partial charge in [-0.25, -0.2) is 0 Å². The van der Waals surface area contributed by atoms with Crippen molar-refractivity contribution >= 4 is 41.5 Å². The summed E-state index contributed by atoms with van der Waals surface area (Å²) in [4.78, 5) is 9.93. The van der Waals surface area contributed by atoms with Gasteiger partial charge in [-0.2, -0.15) is 0 Å². The fourth-order valence-electron chi connectivity index (χ4n) is 4.35. The quantitative estimate of drug-likeness (QED) is 0.396. The van der Waals surface area contributed by atoms with Crippen molar-refractivity contribution < 1.29 is 0 Å². The van der Waals surface area contributed by atoms with E-state index in [1.165, 1.54) is 44.3 Å². The van der Waals surface area contributed by atoms with Gasteiger partial charge < -0.3 is 10.2 Å². The van der Waals surface area contributed by atoms with Crippen molar-refractivity contribution in [2.24, 2.45) is 4.99 Å². The largest absolute Gasteiger partial charge is 0.353 e. The lowest BCUT2D eigenvalue weighted by Crippen LogP contribution is -2.43. The molecule has 1 N–H and O–H groups in total. The Morgan fingerprint density at radius 2 is 2.08 bits per heavy atom. The van der Waals surface area contributed by atoms with Gasteiger partial charge in [-0.05, 0) is 63.4 Å². The zero-order chi connectivity index (χ0) is 17.2. The highest BCUT2D eigenvalue weighted by atomic mass is 127. The van der Waals surface area contributed by atoms with Gasteiger partial charge in [0.15, 0.2) is 5.96 Å². The van der Waals surface area contributed by atoms with Crippen molar-refractivity contribution in [2.45, 2.75) is 50.6 Å². The number of guanidine groups is 1. The first kappa shape index (κ1) is 20.2. The summed E-state index contributed by atoms with van der Waals surface area (Å²) in [5.74, 6) is 1.68. The van der Waals surface area contributed by atoms with E-state index in [0.29, 0.717) is 18.0 Å². The topological polar surface area (TPSA) is 30.9 Å². The summed E-state index contributed by atoms with van der Waals surface area (Å²) < 4.78 is 0. The Hall–Kier alpha value is -0.530. The van der Waals surface area contributed by atoms with Crippen LogP contribution in [0, 0.1) is 0 Å². The molecular weight excluding hydrogens is 459 g/mol. The van der Waals surface area contributed by atoms with E-state index in [9.17, 15) is 0 Å². The Morgan fingerprint density at radius 1 is 1.27 bits per heavy atom. The highest BCUT2D eigenvalue weighted by Crippen LogP contribution is 2.41. The molecule has 2 heterocycles. The molecule has 2 saturated heterocycles. The molecule has 1 saturated carbocycles. The second kappa shape index (κ2) is 9.11. The summed E-state index contributed by atoms with van der Waals surface area (Å²) in [6.45, 7) is 7.78. The Morgan fingerprint density at radius 3 is 2.81 bits per heavy atom. The van der Waals surface area contributed by atoms with E-state index in [1.807, 2.05) is 6.07 Å². The van der Waals surface area contributed by atoms with Crippen LogP contribution >= 0.6 is 35.6 Å². The first-order chi connectivity index (χ1) is 12.2. The molecule has 0 amide bonds. The highest BCUT2D eigenvalue weighted by molar-refractivity contribution is 14.0. The zero-order valence-corrected chi connectivity index (χ0v) is 18.6. The van der Waals surface area contributed by atoms with Crippen LogP contribution < -0.4 is 5.32 Å². The molecule has 1 aromatic rings. The van der Waals surface area contributed by atoms with Gasteiger partial charge in [0.2, 0.25) is 0 Å². The zero-order valence-electron chi connectivity index (χ0n) is 15.5. The van der Waals surface area contributed by atoms with Gasteiger partial charge in [0.05, 0.1) is 0 Å². The number of nitrogens with zero attached hydrogens (tertiary/aromatic N) is 3. The number of hydrogen-bond acceptors (Lipinski definition) is 2. The standard InChI is InChI=1S/C20H29ClN4.HI/c1-2-22-20(25-11-8-17(14-25)24-9-3-4-10-24)23-19-13-18(19)15-6-5-7-16(21)12-15;/h5-7,12,17-19H,2-4,8-11,13-14H2,1H3,(H,22,23);1H. The minimum Gasteiger partial charge on any atom is -0.353 e. The number of aliphatic imine (C=N–C) groups is 1. The number of rotatable bonds is 4. The van der Waals surface area contributed by atoms with Gasteiger partial charge in [0.1, 0.15) is 0 Å². The summed E-state index contributed by atoms with van der Waals surface area (Å²) in [6, 6.07) is 9.50. The monoisotopic (exact) mass is 488 g/mol. The van der Waals surface area contributed by atoms with Gasteiger partial charge in [-0.15, -0.1) is 24.0 Å². The molecular formula is C20H30ClIN4. The second-order valence-electron chi connectivity index (χ2n) is 7.58. The van der Waals surface area contributed by atoms with Crippen molar-refractivity contribution in [1.82, 2.24) is 15.1 Å². The van der Waals surface area contributed by atoms with Crippen LogP contribution in [0.4, 0.5) is 0 Å². The molecule has 26 heavy (non-hydrogen) atoms. The van der Waals surface area contributed by atoms with Crippen LogP contribution in [0.2, 0.25) is 5.02 Å². The third-order valence-electron chi connectivity index (χ3n) is 5.81. The molecule has 3 unspecified atom stereocenters. The third-order valence-corrected chi connectivity index (χ3v) is 6.04. The highest BCUT2D eigenvalue weighted by Gasteiger charge is 2.40. The van der Waals surface area contributed by atoms with Gasteiger partial charge in [0, 0.05) is 42.7 Å². The average Bonchev–Trinajstić information content (AvgIpc) is 3.03. The smallest absolute Gasteiger partial charge is 0.194 e. The Labute approximate surface area is 179 Å². The van der Waals surface area contributed by atoms with Crippen LogP contribution in [0.15, 0.2) is 29.3 Å². The lowest BCUT2D eigenvalue weighted by atomic mass is 10.1. The molecule has 3 atom stereocenters. The number of hydrogen-bond donors (Lipinski definition) is 1. The van der Waals surface area contributed by atoms with Gasteiger partial charge >= 0.3 is 0 Å². The van der Waals surface area contributed by atoms with E-state index in [2.05, 4.69) is 40.2 Å². The van der Waals surface area contributed by atoms with Crippen LogP contribution in [0.5, 0.6) is 0 Å². The van der Waals surface area contributed by atoms with E-state index in [1.54, 1.807) is 0 Å². The molecule has 3 fully saturated rings. The van der Waals surface area contributed by atoms with E-state index in [0.717, 1.165) is 30.6 Å². The van der Waals surface area contributed by atoms with Crippen LogP contribution in [0.1, 0.15) is 44.1 Å². The summed E-state index contributed by atoms with van der Waals surface area (Å²) in [6.07, 6.45) is 5.18. The molecule has 1 aliphatic carbocycles. The van der Waals surface area contributed by atoms with Gasteiger partial charge in [-0.1, -0.05) is 23.7 Å². The van der Waals surface area contributed by atoms with Crippen LogP contribution in [0.3, 0.4) is 0 Å². The second-order valence-corrected chi connectivity index (χ2v) is 8.01. The lowest BCUT2D eigenvalue weighted by Gasteiger charge is -2.25. The third kappa shape index (κ3) is 4.65. The van der Waals surface area contributed by atoms with Crippen LogP contribution in [-0.4, -0.2) is 60.6 Å².